The highest BCUT2D eigenvalue weighted by atomic mass is 16.6. The van der Waals surface area contributed by atoms with E-state index < -0.39 is 11.6 Å². The number of carbonyl (C=O) groups excluding carboxylic acids is 2. The molecule has 0 bridgehead atoms. The average molecular weight is 597 g/mol. The molecule has 0 spiro atoms. The largest absolute Gasteiger partial charge is 0.508 e. The number of benzene rings is 2. The summed E-state index contributed by atoms with van der Waals surface area (Å²) in [5.41, 5.74) is -0.00721. The smallest absolute Gasteiger partial charge is 0.233 e. The monoisotopic (exact) mass is 596 g/mol. The lowest BCUT2D eigenvalue weighted by molar-refractivity contribution is -0.0146. The first-order valence-corrected chi connectivity index (χ1v) is 13.3. The number of phenols is 1. The average Bonchev–Trinajstić information content (AvgIpc) is 3.00. The third-order valence-corrected chi connectivity index (χ3v) is 5.51. The zero-order valence-corrected chi connectivity index (χ0v) is 24.3. The number of Topliss-reactive ketones (excluding diaryl/α,β-unsaturated/α-hetero) is 2. The van der Waals surface area contributed by atoms with Gasteiger partial charge in [-0.2, -0.15) is 0 Å². The minimum absolute atomic E-state index is 0.00359. The van der Waals surface area contributed by atoms with E-state index in [0.717, 1.165) is 0 Å². The normalized spacial score (nSPS) is 10.9. The first kappa shape index (κ1) is 34.7. The fourth-order valence-electron chi connectivity index (χ4n) is 3.54. The van der Waals surface area contributed by atoms with Gasteiger partial charge in [0.1, 0.15) is 18.1 Å². The summed E-state index contributed by atoms with van der Waals surface area (Å²) in [6.45, 7) is 4.00. The van der Waals surface area contributed by atoms with Crippen LogP contribution in [-0.2, 0) is 23.7 Å². The summed E-state index contributed by atoms with van der Waals surface area (Å²) in [6, 6.07) is 6.65. The summed E-state index contributed by atoms with van der Waals surface area (Å²) in [5.74, 6) is -0.960. The number of ether oxygens (including phenoxy) is 9. The van der Waals surface area contributed by atoms with E-state index in [0.29, 0.717) is 59.5 Å². The summed E-state index contributed by atoms with van der Waals surface area (Å²) in [6.07, 6.45) is 0. The summed E-state index contributed by atoms with van der Waals surface area (Å²) in [5, 5.41) is 18.7. The molecular weight excluding hydrogens is 556 g/mol. The Morgan fingerprint density at radius 3 is 1.43 bits per heavy atom. The molecule has 2 aromatic carbocycles. The highest BCUT2D eigenvalue weighted by Gasteiger charge is 2.24. The summed E-state index contributed by atoms with van der Waals surface area (Å²) >= 11 is 0. The summed E-state index contributed by atoms with van der Waals surface area (Å²) < 4.78 is 48.0. The molecule has 2 aromatic rings. The van der Waals surface area contributed by atoms with Crippen LogP contribution in [0.25, 0.3) is 0 Å². The maximum absolute atomic E-state index is 12.9. The number of carbonyl (C=O) groups is 2. The zero-order valence-electron chi connectivity index (χ0n) is 24.3. The molecule has 0 amide bonds. The van der Waals surface area contributed by atoms with Gasteiger partial charge in [-0.15, -0.1) is 0 Å². The highest BCUT2D eigenvalue weighted by Crippen LogP contribution is 2.38. The van der Waals surface area contributed by atoms with Crippen LogP contribution in [0.4, 0.5) is 0 Å². The number of hydrogen-bond donors (Lipinski definition) is 2. The Labute approximate surface area is 245 Å². The molecule has 0 aliphatic rings. The number of phenolic OH excluding ortho intramolecular Hbond substituents is 1. The molecular formula is C29H40O13. The van der Waals surface area contributed by atoms with E-state index in [-0.39, 0.29) is 59.7 Å². The molecule has 0 aliphatic heterocycles. The van der Waals surface area contributed by atoms with Crippen LogP contribution in [0.1, 0.15) is 20.7 Å². The van der Waals surface area contributed by atoms with Gasteiger partial charge in [0.2, 0.25) is 17.3 Å². The Kier molecular flexibility index (Phi) is 16.9. The molecule has 0 radical (unpaired) electrons. The van der Waals surface area contributed by atoms with E-state index in [9.17, 15) is 14.7 Å². The molecule has 0 saturated carbocycles. The second-order valence-electron chi connectivity index (χ2n) is 8.42. The van der Waals surface area contributed by atoms with E-state index in [1.54, 1.807) is 0 Å². The first-order valence-electron chi connectivity index (χ1n) is 13.3. The van der Waals surface area contributed by atoms with Gasteiger partial charge >= 0.3 is 0 Å². The lowest BCUT2D eigenvalue weighted by Crippen LogP contribution is -2.16. The van der Waals surface area contributed by atoms with E-state index in [2.05, 4.69) is 0 Å². The lowest BCUT2D eigenvalue weighted by atomic mass is 10.0. The number of hydrogen-bond acceptors (Lipinski definition) is 13. The zero-order chi connectivity index (χ0) is 30.6. The predicted molar refractivity (Wildman–Crippen MR) is 150 cm³/mol. The van der Waals surface area contributed by atoms with Crippen molar-refractivity contribution < 1.29 is 62.4 Å². The number of aliphatic hydroxyl groups excluding tert-OH is 1. The van der Waals surface area contributed by atoms with Gasteiger partial charge in [0, 0.05) is 17.2 Å². The molecule has 0 saturated heterocycles. The number of aromatic hydroxyl groups is 1. The molecule has 0 aliphatic carbocycles. The van der Waals surface area contributed by atoms with Gasteiger partial charge in [-0.3, -0.25) is 9.59 Å². The van der Waals surface area contributed by atoms with Crippen LogP contribution in [-0.4, -0.2) is 122 Å². The SMILES string of the molecule is COc1cc(C(=O)C(=O)c2cc(O)cc(OCCOCCOCCOCCOCCOCCO)c2)cc(OC)c1OC. The fraction of sp³-hybridized carbons (Fsp3) is 0.517. The Morgan fingerprint density at radius 2 is 1.00 bits per heavy atom. The van der Waals surface area contributed by atoms with E-state index in [4.69, 9.17) is 47.7 Å². The topological polar surface area (TPSA) is 158 Å². The van der Waals surface area contributed by atoms with Crippen LogP contribution < -0.4 is 18.9 Å². The van der Waals surface area contributed by atoms with Crippen LogP contribution in [0.2, 0.25) is 0 Å². The van der Waals surface area contributed by atoms with Crippen molar-refractivity contribution in [3.05, 3.63) is 41.5 Å². The van der Waals surface area contributed by atoms with Gasteiger partial charge in [0.15, 0.2) is 11.5 Å². The van der Waals surface area contributed by atoms with Gasteiger partial charge in [-0.25, -0.2) is 0 Å². The van der Waals surface area contributed by atoms with Crippen LogP contribution in [0.5, 0.6) is 28.7 Å². The van der Waals surface area contributed by atoms with Crippen LogP contribution in [0, 0.1) is 0 Å². The Bertz CT molecular complexity index is 1060. The minimum Gasteiger partial charge on any atom is -0.508 e. The van der Waals surface area contributed by atoms with Crippen molar-refractivity contribution in [2.75, 3.05) is 101 Å². The number of ketones is 2. The maximum atomic E-state index is 12.9. The standard InChI is InChI=1S/C29H40O13/c1-34-25-18-22(19-26(35-2)29(25)36-3)28(33)27(32)21-16-23(31)20-24(17-21)42-15-14-41-13-12-40-11-10-39-9-8-38-7-6-37-5-4-30/h16-20,30-31H,4-15H2,1-3H3. The number of aliphatic hydroxyl groups is 1. The Hall–Kier alpha value is -3.46. The predicted octanol–water partition coefficient (Wildman–Crippen LogP) is 1.94. The van der Waals surface area contributed by atoms with Crippen LogP contribution >= 0.6 is 0 Å². The van der Waals surface area contributed by atoms with Gasteiger partial charge < -0.3 is 52.8 Å². The molecule has 0 heterocycles. The van der Waals surface area contributed by atoms with Crippen LogP contribution in [0.3, 0.4) is 0 Å². The third-order valence-electron chi connectivity index (χ3n) is 5.51. The lowest BCUT2D eigenvalue weighted by Gasteiger charge is -2.13. The molecule has 0 atom stereocenters. The van der Waals surface area contributed by atoms with E-state index in [1.165, 1.54) is 51.7 Å². The maximum Gasteiger partial charge on any atom is 0.233 e. The minimum atomic E-state index is -0.848. The quantitative estimate of drug-likeness (QED) is 0.103. The summed E-state index contributed by atoms with van der Waals surface area (Å²) in [7, 11) is 4.23. The van der Waals surface area contributed by atoms with Crippen molar-refractivity contribution in [2.45, 2.75) is 0 Å². The third kappa shape index (κ3) is 12.2. The molecule has 13 heteroatoms. The molecule has 0 aromatic heterocycles. The Balaban J connectivity index is 1.68. The Morgan fingerprint density at radius 1 is 0.571 bits per heavy atom. The van der Waals surface area contributed by atoms with Crippen molar-refractivity contribution in [1.29, 1.82) is 0 Å². The fourth-order valence-corrected chi connectivity index (χ4v) is 3.54. The van der Waals surface area contributed by atoms with Gasteiger partial charge in [-0.1, -0.05) is 0 Å². The second kappa shape index (κ2) is 20.4. The van der Waals surface area contributed by atoms with Crippen molar-refractivity contribution in [1.82, 2.24) is 0 Å². The van der Waals surface area contributed by atoms with Gasteiger partial charge in [0.25, 0.3) is 0 Å². The van der Waals surface area contributed by atoms with Gasteiger partial charge in [-0.05, 0) is 24.3 Å². The second-order valence-corrected chi connectivity index (χ2v) is 8.42. The van der Waals surface area contributed by atoms with Crippen LogP contribution in [0.15, 0.2) is 30.3 Å². The molecule has 234 valence electrons. The van der Waals surface area contributed by atoms with Crippen molar-refractivity contribution in [3.8, 4) is 28.7 Å². The van der Waals surface area contributed by atoms with Crippen molar-refractivity contribution >= 4 is 11.6 Å². The van der Waals surface area contributed by atoms with E-state index >= 15 is 0 Å². The number of methoxy groups -OCH3 is 3. The molecule has 0 unspecified atom stereocenters. The molecule has 2 rings (SSSR count). The highest BCUT2D eigenvalue weighted by molar-refractivity contribution is 6.49. The number of rotatable bonds is 24. The molecule has 13 nitrogen and oxygen atoms in total. The summed E-state index contributed by atoms with van der Waals surface area (Å²) in [4.78, 5) is 25.9. The molecule has 42 heavy (non-hydrogen) atoms. The molecule has 2 N–H and O–H groups in total. The first-order chi connectivity index (χ1) is 20.4. The van der Waals surface area contributed by atoms with Crippen molar-refractivity contribution in [2.24, 2.45) is 0 Å². The van der Waals surface area contributed by atoms with E-state index in [1.807, 2.05) is 0 Å². The van der Waals surface area contributed by atoms with Gasteiger partial charge in [0.05, 0.1) is 94.0 Å². The molecule has 0 fully saturated rings. The van der Waals surface area contributed by atoms with Crippen molar-refractivity contribution in [3.63, 3.8) is 0 Å².